The zero-order chi connectivity index (χ0) is 12.1. The largest absolute Gasteiger partial charge is 0.302 e. The molecule has 1 saturated carbocycles. The van der Waals surface area contributed by atoms with Crippen molar-refractivity contribution in [2.75, 3.05) is 13.6 Å². The van der Waals surface area contributed by atoms with Crippen LogP contribution in [-0.4, -0.2) is 18.5 Å². The van der Waals surface area contributed by atoms with Crippen molar-refractivity contribution < 1.29 is 0 Å². The molecule has 0 unspecified atom stereocenters. The van der Waals surface area contributed by atoms with Gasteiger partial charge in [0.05, 0.1) is 0 Å². The zero-order valence-electron chi connectivity index (χ0n) is 11.3. The summed E-state index contributed by atoms with van der Waals surface area (Å²) in [7, 11) is 2.26. The molecule has 0 amide bonds. The van der Waals surface area contributed by atoms with E-state index in [1.54, 1.807) is 0 Å². The third-order valence-corrected chi connectivity index (χ3v) is 3.87. The van der Waals surface area contributed by atoms with Crippen molar-refractivity contribution >= 4 is 0 Å². The highest BCUT2D eigenvalue weighted by Crippen LogP contribution is 2.24. The maximum Gasteiger partial charge on any atom is 0.0230 e. The van der Waals surface area contributed by atoms with Crippen LogP contribution in [0.15, 0.2) is 24.3 Å². The van der Waals surface area contributed by atoms with E-state index >= 15 is 0 Å². The number of benzene rings is 1. The van der Waals surface area contributed by atoms with E-state index in [0.29, 0.717) is 0 Å². The Hall–Kier alpha value is -0.820. The monoisotopic (exact) mass is 231 g/mol. The molecule has 94 valence electrons. The minimum atomic E-state index is 0.944. The fraction of sp³-hybridized carbons (Fsp3) is 0.625. The summed E-state index contributed by atoms with van der Waals surface area (Å²) in [5.41, 5.74) is 2.79. The molecule has 0 heterocycles. The van der Waals surface area contributed by atoms with Crippen LogP contribution in [0.3, 0.4) is 0 Å². The standard InChI is InChI=1S/C16H25N/c1-14-8-10-16(11-9-14)13-17(2)12-15-6-4-3-5-7-15/h8-11,15H,3-7,12-13H2,1-2H3. The van der Waals surface area contributed by atoms with Gasteiger partial charge in [-0.05, 0) is 38.3 Å². The molecule has 17 heavy (non-hydrogen) atoms. The molecule has 0 atom stereocenters. The van der Waals surface area contributed by atoms with Gasteiger partial charge in [-0.3, -0.25) is 0 Å². The van der Waals surface area contributed by atoms with Gasteiger partial charge in [0, 0.05) is 13.1 Å². The van der Waals surface area contributed by atoms with Gasteiger partial charge in [0.15, 0.2) is 0 Å². The van der Waals surface area contributed by atoms with Gasteiger partial charge in [-0.15, -0.1) is 0 Å². The molecule has 1 aliphatic carbocycles. The Kier molecular flexibility index (Phi) is 4.61. The number of hydrogen-bond acceptors (Lipinski definition) is 1. The van der Waals surface area contributed by atoms with Crippen LogP contribution >= 0.6 is 0 Å². The van der Waals surface area contributed by atoms with Crippen LogP contribution in [0.1, 0.15) is 43.2 Å². The summed E-state index contributed by atoms with van der Waals surface area (Å²) in [4.78, 5) is 2.49. The van der Waals surface area contributed by atoms with E-state index in [1.807, 2.05) is 0 Å². The Morgan fingerprint density at radius 1 is 1.06 bits per heavy atom. The maximum absolute atomic E-state index is 2.49. The van der Waals surface area contributed by atoms with Crippen molar-refractivity contribution in [3.63, 3.8) is 0 Å². The summed E-state index contributed by atoms with van der Waals surface area (Å²) in [5.74, 6) is 0.944. The molecule has 0 spiro atoms. The Balaban J connectivity index is 1.79. The smallest absolute Gasteiger partial charge is 0.0230 e. The van der Waals surface area contributed by atoms with E-state index in [1.165, 1.54) is 49.8 Å². The maximum atomic E-state index is 2.49. The number of hydrogen-bond donors (Lipinski definition) is 0. The van der Waals surface area contributed by atoms with E-state index in [4.69, 9.17) is 0 Å². The first kappa shape index (κ1) is 12.6. The quantitative estimate of drug-likeness (QED) is 0.757. The minimum absolute atomic E-state index is 0.944. The molecule has 1 fully saturated rings. The van der Waals surface area contributed by atoms with E-state index in [-0.39, 0.29) is 0 Å². The van der Waals surface area contributed by atoms with Crippen molar-refractivity contribution in [1.82, 2.24) is 4.90 Å². The van der Waals surface area contributed by atoms with Gasteiger partial charge in [0.1, 0.15) is 0 Å². The molecule has 1 aliphatic rings. The van der Waals surface area contributed by atoms with Gasteiger partial charge in [-0.2, -0.15) is 0 Å². The molecule has 2 rings (SSSR count). The van der Waals surface area contributed by atoms with Gasteiger partial charge in [0.25, 0.3) is 0 Å². The lowest BCUT2D eigenvalue weighted by atomic mass is 9.89. The molecule has 0 N–H and O–H groups in total. The van der Waals surface area contributed by atoms with Crippen molar-refractivity contribution in [2.45, 2.75) is 45.6 Å². The van der Waals surface area contributed by atoms with Gasteiger partial charge in [-0.1, -0.05) is 49.1 Å². The molecule has 0 aromatic heterocycles. The number of aryl methyl sites for hydroxylation is 1. The summed E-state index contributed by atoms with van der Waals surface area (Å²) in [6, 6.07) is 8.94. The molecule has 1 aromatic rings. The molecule has 1 nitrogen and oxygen atoms in total. The highest BCUT2D eigenvalue weighted by atomic mass is 15.1. The fourth-order valence-electron chi connectivity index (χ4n) is 2.88. The normalized spacial score (nSPS) is 17.6. The van der Waals surface area contributed by atoms with E-state index in [2.05, 4.69) is 43.1 Å². The second-order valence-electron chi connectivity index (χ2n) is 5.69. The van der Waals surface area contributed by atoms with Crippen molar-refractivity contribution in [2.24, 2.45) is 5.92 Å². The third-order valence-electron chi connectivity index (χ3n) is 3.87. The second-order valence-corrected chi connectivity index (χ2v) is 5.69. The van der Waals surface area contributed by atoms with Gasteiger partial charge >= 0.3 is 0 Å². The van der Waals surface area contributed by atoms with Crippen LogP contribution in [-0.2, 0) is 6.54 Å². The average Bonchev–Trinajstić information content (AvgIpc) is 2.33. The molecular formula is C16H25N. The Morgan fingerprint density at radius 2 is 1.71 bits per heavy atom. The molecule has 1 aromatic carbocycles. The first-order valence-corrected chi connectivity index (χ1v) is 6.98. The second kappa shape index (κ2) is 6.20. The summed E-state index contributed by atoms with van der Waals surface area (Å²) in [6.07, 6.45) is 7.24. The molecule has 1 heteroatoms. The highest BCUT2D eigenvalue weighted by Gasteiger charge is 2.15. The summed E-state index contributed by atoms with van der Waals surface area (Å²) >= 11 is 0. The zero-order valence-corrected chi connectivity index (χ0v) is 11.3. The SMILES string of the molecule is Cc1ccc(CN(C)CC2CCCCC2)cc1. The predicted octanol–water partition coefficient (Wildman–Crippen LogP) is 4.01. The van der Waals surface area contributed by atoms with Crippen LogP contribution in [0.25, 0.3) is 0 Å². The Labute approximate surface area is 106 Å². The number of rotatable bonds is 4. The predicted molar refractivity (Wildman–Crippen MR) is 74.1 cm³/mol. The van der Waals surface area contributed by atoms with Crippen molar-refractivity contribution in [3.8, 4) is 0 Å². The lowest BCUT2D eigenvalue weighted by molar-refractivity contribution is 0.228. The van der Waals surface area contributed by atoms with Gasteiger partial charge < -0.3 is 4.90 Å². The first-order chi connectivity index (χ1) is 8.24. The van der Waals surface area contributed by atoms with Crippen molar-refractivity contribution in [3.05, 3.63) is 35.4 Å². The molecule has 0 bridgehead atoms. The van der Waals surface area contributed by atoms with Crippen LogP contribution in [0.4, 0.5) is 0 Å². The van der Waals surface area contributed by atoms with E-state index in [0.717, 1.165) is 12.5 Å². The summed E-state index contributed by atoms with van der Waals surface area (Å²) in [6.45, 7) is 4.51. The molecular weight excluding hydrogens is 206 g/mol. The van der Waals surface area contributed by atoms with Crippen LogP contribution < -0.4 is 0 Å². The molecule has 0 saturated heterocycles. The summed E-state index contributed by atoms with van der Waals surface area (Å²) in [5, 5.41) is 0. The van der Waals surface area contributed by atoms with Gasteiger partial charge in [-0.25, -0.2) is 0 Å². The van der Waals surface area contributed by atoms with Crippen LogP contribution in [0.5, 0.6) is 0 Å². The molecule has 0 aliphatic heterocycles. The Morgan fingerprint density at radius 3 is 2.35 bits per heavy atom. The first-order valence-electron chi connectivity index (χ1n) is 6.98. The van der Waals surface area contributed by atoms with E-state index in [9.17, 15) is 0 Å². The minimum Gasteiger partial charge on any atom is -0.302 e. The topological polar surface area (TPSA) is 3.24 Å². The highest BCUT2D eigenvalue weighted by molar-refractivity contribution is 5.21. The van der Waals surface area contributed by atoms with Crippen LogP contribution in [0, 0.1) is 12.8 Å². The molecule has 0 radical (unpaired) electrons. The summed E-state index contributed by atoms with van der Waals surface area (Å²) < 4.78 is 0. The number of nitrogens with zero attached hydrogens (tertiary/aromatic N) is 1. The lowest BCUT2D eigenvalue weighted by Crippen LogP contribution is -2.26. The van der Waals surface area contributed by atoms with Gasteiger partial charge in [0.2, 0.25) is 0 Å². The fourth-order valence-corrected chi connectivity index (χ4v) is 2.88. The Bertz CT molecular complexity index is 322. The average molecular weight is 231 g/mol. The van der Waals surface area contributed by atoms with E-state index < -0.39 is 0 Å². The lowest BCUT2D eigenvalue weighted by Gasteiger charge is -2.27. The van der Waals surface area contributed by atoms with Crippen molar-refractivity contribution in [1.29, 1.82) is 0 Å². The third kappa shape index (κ3) is 4.16. The van der Waals surface area contributed by atoms with Crippen LogP contribution in [0.2, 0.25) is 0 Å².